The van der Waals surface area contributed by atoms with Crippen LogP contribution in [0, 0.1) is 0 Å². The molecule has 1 atom stereocenters. The number of alkyl halides is 3. The minimum Gasteiger partial charge on any atom is -0.485 e. The van der Waals surface area contributed by atoms with Gasteiger partial charge in [0.2, 0.25) is 0 Å². The van der Waals surface area contributed by atoms with Gasteiger partial charge in [-0.1, -0.05) is 24.3 Å². The summed E-state index contributed by atoms with van der Waals surface area (Å²) in [6.07, 6.45) is 4.31. The van der Waals surface area contributed by atoms with Crippen LogP contribution in [-0.2, 0) is 0 Å². The third kappa shape index (κ3) is 3.66. The molecule has 0 fully saturated rings. The average molecular weight is 462 g/mol. The first-order valence-corrected chi connectivity index (χ1v) is 10.2. The summed E-state index contributed by atoms with van der Waals surface area (Å²) in [5.74, 6) is 0.581. The number of ether oxygens (including phenoxy) is 2. The van der Waals surface area contributed by atoms with E-state index in [1.807, 2.05) is 18.2 Å². The third-order valence-electron chi connectivity index (χ3n) is 5.13. The zero-order valence-electron chi connectivity index (χ0n) is 16.5. The van der Waals surface area contributed by atoms with E-state index in [-0.39, 0.29) is 17.4 Å². The molecule has 152 valence electrons. The Morgan fingerprint density at radius 1 is 1.28 bits per heavy atom. The molecule has 2 aromatic carbocycles. The first kappa shape index (κ1) is 20.0. The Hall–Kier alpha value is -2.34. The van der Waals surface area contributed by atoms with Gasteiger partial charge in [-0.3, -0.25) is 0 Å². The van der Waals surface area contributed by atoms with E-state index in [0.29, 0.717) is 17.7 Å². The van der Waals surface area contributed by atoms with Crippen molar-refractivity contribution in [1.29, 1.82) is 0 Å². The van der Waals surface area contributed by atoms with Crippen molar-refractivity contribution >= 4 is 27.2 Å². The molecular weight excluding hydrogens is 440 g/mol. The molecule has 3 nitrogen and oxygen atoms in total. The summed E-state index contributed by atoms with van der Waals surface area (Å²) >= 11 is 2.27. The van der Waals surface area contributed by atoms with Crippen LogP contribution in [0.5, 0.6) is 11.5 Å². The summed E-state index contributed by atoms with van der Waals surface area (Å²) in [5.41, 5.74) is 5.30. The lowest BCUT2D eigenvalue weighted by Crippen LogP contribution is -2.32. The van der Waals surface area contributed by atoms with Crippen LogP contribution < -0.4 is 14.8 Å². The average Bonchev–Trinajstić information content (AvgIpc) is 2.59. The molecule has 1 unspecified atom stereocenters. The minimum absolute atomic E-state index is 0.0633. The van der Waals surface area contributed by atoms with Crippen molar-refractivity contribution in [2.24, 2.45) is 0 Å². The Morgan fingerprint density at radius 3 is 2.72 bits per heavy atom. The number of halogens is 3. The van der Waals surface area contributed by atoms with Crippen molar-refractivity contribution in [3.8, 4) is 22.6 Å². The molecule has 2 aromatic rings. The molecule has 2 aliphatic rings. The van der Waals surface area contributed by atoms with E-state index >= 15 is 0 Å². The van der Waals surface area contributed by atoms with Crippen LogP contribution in [0.4, 0.5) is 14.5 Å². The number of hydrogen-bond donors (Lipinski definition) is 1. The fourth-order valence-corrected chi connectivity index (χ4v) is 4.49. The number of anilines is 1. The first-order valence-electron chi connectivity index (χ1n) is 9.41. The second-order valence-corrected chi connectivity index (χ2v) is 8.85. The van der Waals surface area contributed by atoms with E-state index in [1.54, 1.807) is 12.1 Å². The number of nitrogens with one attached hydrogen (secondary N) is 1. The highest BCUT2D eigenvalue weighted by atomic mass is 79.9. The van der Waals surface area contributed by atoms with Crippen LogP contribution in [0.3, 0.4) is 0 Å². The van der Waals surface area contributed by atoms with Crippen molar-refractivity contribution in [2.45, 2.75) is 43.9 Å². The van der Waals surface area contributed by atoms with Gasteiger partial charge in [0.05, 0.1) is 11.1 Å². The second-order valence-electron chi connectivity index (χ2n) is 7.93. The smallest absolute Gasteiger partial charge is 0.459 e. The molecule has 2 heterocycles. The van der Waals surface area contributed by atoms with Gasteiger partial charge >= 0.3 is 5.02 Å². The maximum Gasteiger partial charge on any atom is 0.459 e. The van der Waals surface area contributed by atoms with Crippen LogP contribution in [0.2, 0.25) is 0 Å². The molecule has 0 saturated carbocycles. The van der Waals surface area contributed by atoms with Crippen LogP contribution in [0.25, 0.3) is 16.7 Å². The number of fused-ring (bicyclic) bond motifs is 5. The lowest BCUT2D eigenvalue weighted by Gasteiger charge is -2.37. The van der Waals surface area contributed by atoms with E-state index < -0.39 is 5.02 Å². The maximum absolute atomic E-state index is 13.6. The van der Waals surface area contributed by atoms with Crippen molar-refractivity contribution in [3.05, 3.63) is 60.2 Å². The number of allylic oxidation sites excluding steroid dienone is 1. The summed E-state index contributed by atoms with van der Waals surface area (Å²) < 4.78 is 38.3. The van der Waals surface area contributed by atoms with Crippen molar-refractivity contribution in [2.75, 3.05) is 5.32 Å². The lowest BCUT2D eigenvalue weighted by atomic mass is 9.81. The first-order chi connectivity index (χ1) is 13.6. The van der Waals surface area contributed by atoms with Crippen molar-refractivity contribution in [3.63, 3.8) is 0 Å². The van der Waals surface area contributed by atoms with Gasteiger partial charge in [0.25, 0.3) is 0 Å². The zero-order chi connectivity index (χ0) is 21.0. The Kier molecular flexibility index (Phi) is 4.73. The number of benzene rings is 2. The van der Waals surface area contributed by atoms with Crippen LogP contribution in [0.1, 0.15) is 44.4 Å². The topological polar surface area (TPSA) is 30.5 Å². The molecule has 0 aliphatic carbocycles. The predicted molar refractivity (Wildman–Crippen MR) is 116 cm³/mol. The molecule has 0 bridgehead atoms. The van der Waals surface area contributed by atoms with Gasteiger partial charge in [0, 0.05) is 39.2 Å². The van der Waals surface area contributed by atoms with E-state index in [1.165, 1.54) is 6.07 Å². The van der Waals surface area contributed by atoms with Gasteiger partial charge in [-0.05, 0) is 50.1 Å². The number of hydrogen-bond acceptors (Lipinski definition) is 3. The summed E-state index contributed by atoms with van der Waals surface area (Å²) in [6.45, 7) is 10.1. The van der Waals surface area contributed by atoms with E-state index in [2.05, 4.69) is 54.7 Å². The molecule has 0 spiro atoms. The summed E-state index contributed by atoms with van der Waals surface area (Å²) in [6, 6.07) is 8.90. The van der Waals surface area contributed by atoms with Crippen LogP contribution in [-0.4, -0.2) is 10.6 Å². The molecule has 2 aliphatic heterocycles. The largest absolute Gasteiger partial charge is 0.485 e. The highest BCUT2D eigenvalue weighted by Gasteiger charge is 2.36. The summed E-state index contributed by atoms with van der Waals surface area (Å²) in [4.78, 5) is 0. The molecule has 29 heavy (non-hydrogen) atoms. The van der Waals surface area contributed by atoms with Crippen LogP contribution in [0.15, 0.2) is 49.1 Å². The van der Waals surface area contributed by atoms with Gasteiger partial charge in [0.15, 0.2) is 0 Å². The Labute approximate surface area is 177 Å². The fourth-order valence-electron chi connectivity index (χ4n) is 4.31. The van der Waals surface area contributed by atoms with Gasteiger partial charge in [0.1, 0.15) is 17.6 Å². The van der Waals surface area contributed by atoms with Crippen molar-refractivity contribution < 1.29 is 18.3 Å². The van der Waals surface area contributed by atoms with Crippen LogP contribution >= 0.6 is 15.9 Å². The molecule has 6 heteroatoms. The molecule has 0 saturated heterocycles. The zero-order valence-corrected chi connectivity index (χ0v) is 18.1. The van der Waals surface area contributed by atoms with E-state index in [0.717, 1.165) is 28.0 Å². The second kappa shape index (κ2) is 6.87. The predicted octanol–water partition coefficient (Wildman–Crippen LogP) is 7.29. The van der Waals surface area contributed by atoms with Gasteiger partial charge in [-0.2, -0.15) is 8.78 Å². The van der Waals surface area contributed by atoms with Crippen molar-refractivity contribution in [1.82, 2.24) is 0 Å². The standard InChI is InChI=1S/C23H22BrF2NO2/c1-5-7-16-21-14(10-11-15-19(21)13(2)12-22(3,4)27-15)20-17(28-16)8-6-9-18(20)29-23(24,25)26/h5-6,8-12,16,27H,1,7H2,2-4H3. The summed E-state index contributed by atoms with van der Waals surface area (Å²) in [5, 5.41) is 0.0634. The normalized spacial score (nSPS) is 19.0. The minimum atomic E-state index is -3.48. The Bertz CT molecular complexity index is 1020. The monoisotopic (exact) mass is 461 g/mol. The summed E-state index contributed by atoms with van der Waals surface area (Å²) in [7, 11) is 0. The lowest BCUT2D eigenvalue weighted by molar-refractivity contribution is -0.0800. The number of rotatable bonds is 4. The molecule has 0 aromatic heterocycles. The SMILES string of the molecule is C=CCC1Oc2cccc(OC(F)(F)Br)c2-c2ccc3c(c21)C(C)=CC(C)(C)N3. The van der Waals surface area contributed by atoms with E-state index in [9.17, 15) is 8.78 Å². The molecule has 0 amide bonds. The molecule has 4 rings (SSSR count). The fraction of sp³-hybridized carbons (Fsp3) is 0.304. The van der Waals surface area contributed by atoms with E-state index in [4.69, 9.17) is 9.47 Å². The maximum atomic E-state index is 13.6. The highest BCUT2D eigenvalue weighted by molar-refractivity contribution is 9.09. The Morgan fingerprint density at radius 2 is 2.03 bits per heavy atom. The van der Waals surface area contributed by atoms with Gasteiger partial charge in [-0.15, -0.1) is 6.58 Å². The third-order valence-corrected chi connectivity index (χ3v) is 5.29. The quantitative estimate of drug-likeness (QED) is 0.382. The highest BCUT2D eigenvalue weighted by Crippen LogP contribution is 2.53. The molecule has 1 N–H and O–H groups in total. The molecule has 0 radical (unpaired) electrons. The van der Waals surface area contributed by atoms with Gasteiger partial charge < -0.3 is 14.8 Å². The van der Waals surface area contributed by atoms with Gasteiger partial charge in [-0.25, -0.2) is 0 Å². The molecular formula is C23H22BrF2NO2. The Balaban J connectivity index is 1.98.